The first-order valence-corrected chi connectivity index (χ1v) is 6.61. The Morgan fingerprint density at radius 2 is 1.89 bits per heavy atom. The minimum atomic E-state index is -3.57. The Hall–Kier alpha value is -2.06. The van der Waals surface area contributed by atoms with E-state index in [0.29, 0.717) is 17.2 Å². The van der Waals surface area contributed by atoms with Gasteiger partial charge in [0.25, 0.3) is 10.2 Å². The van der Waals surface area contributed by atoms with Crippen molar-refractivity contribution in [2.45, 2.75) is 0 Å². The van der Waals surface area contributed by atoms with Crippen LogP contribution in [0.1, 0.15) is 0 Å². The van der Waals surface area contributed by atoms with E-state index in [4.69, 9.17) is 5.73 Å². The van der Waals surface area contributed by atoms with Gasteiger partial charge in [-0.05, 0) is 24.3 Å². The summed E-state index contributed by atoms with van der Waals surface area (Å²) in [6, 6.07) is 8.49. The molecule has 1 aromatic carbocycles. The largest absolute Gasteiger partial charge is 0.399 e. The number of rotatable bonds is 4. The highest BCUT2D eigenvalue weighted by molar-refractivity contribution is 7.90. The molecule has 0 radical (unpaired) electrons. The van der Waals surface area contributed by atoms with Gasteiger partial charge in [0.2, 0.25) is 0 Å². The summed E-state index contributed by atoms with van der Waals surface area (Å²) in [5.74, 6) is 0.342. The summed E-state index contributed by atoms with van der Waals surface area (Å²) in [7, 11) is -2.24. The number of nitrogens with one attached hydrogen (secondary N) is 2. The zero-order valence-corrected chi connectivity index (χ0v) is 10.5. The average molecular weight is 267 g/mol. The summed E-state index contributed by atoms with van der Waals surface area (Å²) in [6.07, 6.45) is 1.50. The molecule has 96 valence electrons. The van der Waals surface area contributed by atoms with Gasteiger partial charge in [-0.1, -0.05) is 0 Å². The lowest BCUT2D eigenvalue weighted by Gasteiger charge is -2.09. The van der Waals surface area contributed by atoms with Gasteiger partial charge in [-0.2, -0.15) is 13.5 Å². The molecule has 0 aliphatic rings. The Bertz CT molecular complexity index is 633. The van der Waals surface area contributed by atoms with Gasteiger partial charge in [0, 0.05) is 18.8 Å². The van der Waals surface area contributed by atoms with Gasteiger partial charge in [-0.3, -0.25) is 4.72 Å². The summed E-state index contributed by atoms with van der Waals surface area (Å²) in [5.41, 5.74) is 6.93. The number of hydrogen-bond acceptors (Lipinski definition) is 4. The molecule has 0 saturated carbocycles. The second-order valence-electron chi connectivity index (χ2n) is 3.53. The normalized spacial score (nSPS) is 11.4. The Morgan fingerprint density at radius 1 is 1.22 bits per heavy atom. The van der Waals surface area contributed by atoms with Gasteiger partial charge in [0.1, 0.15) is 5.82 Å². The SMILES string of the molecule is CNS(=O)(=O)Nc1ccnn1-c1ccc(N)cc1. The number of benzene rings is 1. The van der Waals surface area contributed by atoms with Crippen molar-refractivity contribution in [3.8, 4) is 5.69 Å². The fraction of sp³-hybridized carbons (Fsp3) is 0.100. The van der Waals surface area contributed by atoms with E-state index in [9.17, 15) is 8.42 Å². The summed E-state index contributed by atoms with van der Waals surface area (Å²) in [5, 5.41) is 4.06. The molecule has 0 amide bonds. The molecule has 0 bridgehead atoms. The molecular formula is C10H13N5O2S. The molecule has 1 aromatic heterocycles. The average Bonchev–Trinajstić information content (AvgIpc) is 2.77. The molecule has 0 saturated heterocycles. The standard InChI is InChI=1S/C10H13N5O2S/c1-12-18(16,17)14-10-6-7-13-15(10)9-4-2-8(11)3-5-9/h2-7,12,14H,11H2,1H3. The van der Waals surface area contributed by atoms with E-state index in [2.05, 4.69) is 14.5 Å². The zero-order chi connectivity index (χ0) is 13.2. The van der Waals surface area contributed by atoms with E-state index in [1.807, 2.05) is 0 Å². The first kappa shape index (κ1) is 12.4. The second-order valence-corrected chi connectivity index (χ2v) is 5.15. The van der Waals surface area contributed by atoms with Crippen LogP contribution in [0.5, 0.6) is 0 Å². The number of nitrogens with two attached hydrogens (primary N) is 1. The van der Waals surface area contributed by atoms with Crippen LogP contribution in [0.2, 0.25) is 0 Å². The van der Waals surface area contributed by atoms with E-state index in [-0.39, 0.29) is 0 Å². The number of anilines is 2. The van der Waals surface area contributed by atoms with Crippen LogP contribution in [0.25, 0.3) is 5.69 Å². The molecule has 2 aromatic rings. The van der Waals surface area contributed by atoms with Gasteiger partial charge in [-0.25, -0.2) is 9.40 Å². The molecule has 1 heterocycles. The van der Waals surface area contributed by atoms with Crippen molar-refractivity contribution in [1.29, 1.82) is 0 Å². The van der Waals surface area contributed by atoms with Crippen LogP contribution in [0.4, 0.5) is 11.5 Å². The highest BCUT2D eigenvalue weighted by Gasteiger charge is 2.11. The molecule has 0 unspecified atom stereocenters. The fourth-order valence-corrected chi connectivity index (χ4v) is 1.92. The molecule has 0 aliphatic carbocycles. The second kappa shape index (κ2) is 4.67. The van der Waals surface area contributed by atoms with Crippen LogP contribution < -0.4 is 15.2 Å². The summed E-state index contributed by atoms with van der Waals surface area (Å²) >= 11 is 0. The highest BCUT2D eigenvalue weighted by atomic mass is 32.2. The Balaban J connectivity index is 2.36. The molecule has 18 heavy (non-hydrogen) atoms. The number of nitrogen functional groups attached to an aromatic ring is 1. The highest BCUT2D eigenvalue weighted by Crippen LogP contribution is 2.16. The minimum absolute atomic E-state index is 0.342. The third kappa shape index (κ3) is 2.60. The van der Waals surface area contributed by atoms with E-state index >= 15 is 0 Å². The predicted molar refractivity (Wildman–Crippen MR) is 69.6 cm³/mol. The van der Waals surface area contributed by atoms with Gasteiger partial charge in [-0.15, -0.1) is 0 Å². The molecule has 8 heteroatoms. The van der Waals surface area contributed by atoms with Crippen molar-refractivity contribution in [2.75, 3.05) is 17.5 Å². The van der Waals surface area contributed by atoms with Crippen molar-refractivity contribution < 1.29 is 8.42 Å². The smallest absolute Gasteiger partial charge is 0.300 e. The molecule has 7 nitrogen and oxygen atoms in total. The zero-order valence-electron chi connectivity index (χ0n) is 9.66. The van der Waals surface area contributed by atoms with Gasteiger partial charge in [0.15, 0.2) is 0 Å². The van der Waals surface area contributed by atoms with Gasteiger partial charge < -0.3 is 5.73 Å². The van der Waals surface area contributed by atoms with Crippen LogP contribution in [-0.2, 0) is 10.2 Å². The first-order valence-electron chi connectivity index (χ1n) is 5.13. The van der Waals surface area contributed by atoms with Crippen molar-refractivity contribution in [3.05, 3.63) is 36.5 Å². The van der Waals surface area contributed by atoms with Crippen molar-refractivity contribution >= 4 is 21.7 Å². The monoisotopic (exact) mass is 267 g/mol. The maximum absolute atomic E-state index is 11.4. The third-order valence-corrected chi connectivity index (χ3v) is 3.30. The lowest BCUT2D eigenvalue weighted by Crippen LogP contribution is -2.27. The minimum Gasteiger partial charge on any atom is -0.399 e. The Labute approximate surface area is 105 Å². The third-order valence-electron chi connectivity index (χ3n) is 2.29. The lowest BCUT2D eigenvalue weighted by molar-refractivity contribution is 0.593. The van der Waals surface area contributed by atoms with Crippen LogP contribution in [0.15, 0.2) is 36.5 Å². The van der Waals surface area contributed by atoms with Gasteiger partial charge >= 0.3 is 0 Å². The van der Waals surface area contributed by atoms with Crippen molar-refractivity contribution in [1.82, 2.24) is 14.5 Å². The van der Waals surface area contributed by atoms with Crippen LogP contribution >= 0.6 is 0 Å². The van der Waals surface area contributed by atoms with E-state index in [1.54, 1.807) is 30.3 Å². The van der Waals surface area contributed by atoms with E-state index in [0.717, 1.165) is 0 Å². The molecule has 2 rings (SSSR count). The summed E-state index contributed by atoms with van der Waals surface area (Å²) < 4.78 is 28.8. The Morgan fingerprint density at radius 3 is 2.50 bits per heavy atom. The molecule has 0 fully saturated rings. The predicted octanol–water partition coefficient (Wildman–Crippen LogP) is 0.331. The number of aromatic nitrogens is 2. The Kier molecular flexibility index (Phi) is 3.21. The summed E-state index contributed by atoms with van der Waals surface area (Å²) in [4.78, 5) is 0. The number of hydrogen-bond donors (Lipinski definition) is 3. The van der Waals surface area contributed by atoms with Crippen LogP contribution in [-0.4, -0.2) is 25.2 Å². The van der Waals surface area contributed by atoms with E-state index < -0.39 is 10.2 Å². The van der Waals surface area contributed by atoms with E-state index in [1.165, 1.54) is 17.9 Å². The maximum atomic E-state index is 11.4. The molecule has 4 N–H and O–H groups in total. The number of nitrogens with zero attached hydrogens (tertiary/aromatic N) is 2. The summed E-state index contributed by atoms with van der Waals surface area (Å²) in [6.45, 7) is 0. The van der Waals surface area contributed by atoms with Gasteiger partial charge in [0.05, 0.1) is 11.9 Å². The lowest BCUT2D eigenvalue weighted by atomic mass is 10.3. The molecule has 0 spiro atoms. The van der Waals surface area contributed by atoms with Crippen LogP contribution in [0, 0.1) is 0 Å². The quantitative estimate of drug-likeness (QED) is 0.695. The van der Waals surface area contributed by atoms with Crippen molar-refractivity contribution in [3.63, 3.8) is 0 Å². The molecular weight excluding hydrogens is 254 g/mol. The molecule has 0 atom stereocenters. The van der Waals surface area contributed by atoms with Crippen LogP contribution in [0.3, 0.4) is 0 Å². The fourth-order valence-electron chi connectivity index (χ4n) is 1.39. The van der Waals surface area contributed by atoms with Crippen molar-refractivity contribution in [2.24, 2.45) is 0 Å². The first-order chi connectivity index (χ1) is 8.52. The topological polar surface area (TPSA) is 102 Å². The molecule has 0 aliphatic heterocycles. The maximum Gasteiger partial charge on any atom is 0.300 e.